The van der Waals surface area contributed by atoms with E-state index in [1.54, 1.807) is 0 Å². The molecule has 2 unspecified atom stereocenters. The minimum absolute atomic E-state index is 0.122. The highest BCUT2D eigenvalue weighted by Gasteiger charge is 2.36. The van der Waals surface area contributed by atoms with Crippen molar-refractivity contribution in [3.05, 3.63) is 0 Å². The van der Waals surface area contributed by atoms with Crippen LogP contribution in [0.4, 0.5) is 0 Å². The van der Waals surface area contributed by atoms with Crippen molar-refractivity contribution in [2.75, 3.05) is 13.2 Å². The average Bonchev–Trinajstić information content (AvgIpc) is 2.39. The summed E-state index contributed by atoms with van der Waals surface area (Å²) in [6.45, 7) is 15.3. The van der Waals surface area contributed by atoms with Crippen molar-refractivity contribution in [1.82, 2.24) is 0 Å². The molecule has 0 heterocycles. The van der Waals surface area contributed by atoms with Gasteiger partial charge >= 0.3 is 20.2 Å². The Hall–Kier alpha value is -1.04. The quantitative estimate of drug-likeness (QED) is 0.607. The fraction of sp³-hybridized carbons (Fsp3) is 0.875. The molecule has 0 aromatic carbocycles. The summed E-state index contributed by atoms with van der Waals surface area (Å²) in [6, 6.07) is 0. The van der Waals surface area contributed by atoms with E-state index in [-0.39, 0.29) is 10.8 Å². The van der Waals surface area contributed by atoms with E-state index >= 15 is 0 Å². The lowest BCUT2D eigenvalue weighted by atomic mass is 9.98. The molecule has 0 N–H and O–H groups in total. The highest BCUT2D eigenvalue weighted by molar-refractivity contribution is 7.34. The van der Waals surface area contributed by atoms with Crippen LogP contribution in [0, 0.1) is 10.8 Å². The van der Waals surface area contributed by atoms with Gasteiger partial charge in [-0.2, -0.15) is 9.05 Å². The number of carbonyl (C=O) groups is 2. The van der Waals surface area contributed by atoms with E-state index < -0.39 is 32.4 Å². The molecular formula is C16H30O7P+. The van der Waals surface area contributed by atoms with Crippen LogP contribution in [0.25, 0.3) is 0 Å². The Kier molecular flexibility index (Phi) is 9.04. The van der Waals surface area contributed by atoms with Crippen LogP contribution in [0.15, 0.2) is 0 Å². The van der Waals surface area contributed by atoms with Crippen LogP contribution >= 0.6 is 8.25 Å². The van der Waals surface area contributed by atoms with Crippen LogP contribution in [0.3, 0.4) is 0 Å². The molecule has 2 atom stereocenters. The van der Waals surface area contributed by atoms with Crippen LogP contribution in [-0.4, -0.2) is 37.4 Å². The molecule has 0 saturated heterocycles. The highest BCUT2D eigenvalue weighted by Crippen LogP contribution is 2.27. The first-order chi connectivity index (χ1) is 10.7. The number of ether oxygens (including phenoxy) is 2. The zero-order chi connectivity index (χ0) is 19.1. The third kappa shape index (κ3) is 11.5. The maximum atomic E-state index is 11.7. The topological polar surface area (TPSA) is 88.1 Å². The van der Waals surface area contributed by atoms with Crippen LogP contribution in [0.1, 0.15) is 55.4 Å². The van der Waals surface area contributed by atoms with E-state index in [0.717, 1.165) is 0 Å². The minimum atomic E-state index is -2.91. The van der Waals surface area contributed by atoms with Crippen molar-refractivity contribution in [3.8, 4) is 0 Å². The van der Waals surface area contributed by atoms with Gasteiger partial charge in [0.15, 0.2) is 12.2 Å². The van der Waals surface area contributed by atoms with Crippen molar-refractivity contribution >= 4 is 20.2 Å². The number of rotatable bonds is 8. The summed E-state index contributed by atoms with van der Waals surface area (Å²) < 4.78 is 31.5. The molecule has 0 aliphatic heterocycles. The number of hydrogen-bond donors (Lipinski definition) is 0. The van der Waals surface area contributed by atoms with Gasteiger partial charge in [0, 0.05) is 4.57 Å². The lowest BCUT2D eigenvalue weighted by molar-refractivity contribution is -0.151. The van der Waals surface area contributed by atoms with E-state index in [1.165, 1.54) is 13.8 Å². The standard InChI is InChI=1S/C16H30O7P/c1-11(20-9-15(3,4)5)13(17)22-24(19)23-14(18)12(2)21-10-16(6,7)8/h11-12H,9-10H2,1-8H3/q+1. The lowest BCUT2D eigenvalue weighted by Gasteiger charge is -2.20. The minimum Gasteiger partial charge on any atom is -0.366 e. The second kappa shape index (κ2) is 9.44. The smallest absolute Gasteiger partial charge is 0.366 e. The van der Waals surface area contributed by atoms with Crippen LogP contribution in [0.2, 0.25) is 0 Å². The van der Waals surface area contributed by atoms with E-state index in [1.807, 2.05) is 41.5 Å². The molecule has 24 heavy (non-hydrogen) atoms. The summed E-state index contributed by atoms with van der Waals surface area (Å²) in [5.74, 6) is -1.70. The Morgan fingerprint density at radius 2 is 1.08 bits per heavy atom. The summed E-state index contributed by atoms with van der Waals surface area (Å²) in [5, 5.41) is 0. The molecule has 8 heteroatoms. The maximum absolute atomic E-state index is 11.7. The number of hydrogen-bond acceptors (Lipinski definition) is 7. The molecule has 140 valence electrons. The van der Waals surface area contributed by atoms with Gasteiger partial charge in [-0.1, -0.05) is 41.5 Å². The number of carbonyl (C=O) groups excluding carboxylic acids is 2. The molecule has 0 spiro atoms. The highest BCUT2D eigenvalue weighted by atomic mass is 31.1. The third-order valence-corrected chi connectivity index (χ3v) is 3.18. The lowest BCUT2D eigenvalue weighted by Crippen LogP contribution is -2.28. The zero-order valence-electron chi connectivity index (χ0n) is 15.9. The molecular weight excluding hydrogens is 335 g/mol. The van der Waals surface area contributed by atoms with Crippen LogP contribution in [0.5, 0.6) is 0 Å². The fourth-order valence-electron chi connectivity index (χ4n) is 1.20. The van der Waals surface area contributed by atoms with E-state index in [4.69, 9.17) is 9.47 Å². The van der Waals surface area contributed by atoms with Crippen molar-refractivity contribution in [2.45, 2.75) is 67.6 Å². The van der Waals surface area contributed by atoms with Crippen molar-refractivity contribution in [1.29, 1.82) is 0 Å². The van der Waals surface area contributed by atoms with Crippen molar-refractivity contribution < 1.29 is 32.7 Å². The molecule has 0 aromatic heterocycles. The molecule has 0 aliphatic carbocycles. The Morgan fingerprint density at radius 3 is 1.33 bits per heavy atom. The third-order valence-electron chi connectivity index (χ3n) is 2.53. The summed E-state index contributed by atoms with van der Waals surface area (Å²) in [5.41, 5.74) is -0.244. The second-order valence-electron chi connectivity index (χ2n) is 8.07. The summed E-state index contributed by atoms with van der Waals surface area (Å²) >= 11 is 0. The summed E-state index contributed by atoms with van der Waals surface area (Å²) in [7, 11) is -2.91. The van der Waals surface area contributed by atoms with Gasteiger partial charge in [-0.25, -0.2) is 9.59 Å². The van der Waals surface area contributed by atoms with Gasteiger partial charge in [0.25, 0.3) is 0 Å². The van der Waals surface area contributed by atoms with E-state index in [9.17, 15) is 14.2 Å². The molecule has 0 aromatic rings. The molecule has 0 fully saturated rings. The van der Waals surface area contributed by atoms with Crippen LogP contribution in [-0.2, 0) is 32.7 Å². The van der Waals surface area contributed by atoms with Gasteiger partial charge in [0.1, 0.15) is 0 Å². The first-order valence-corrected chi connectivity index (χ1v) is 8.95. The predicted molar refractivity (Wildman–Crippen MR) is 89.5 cm³/mol. The van der Waals surface area contributed by atoms with Gasteiger partial charge < -0.3 is 9.47 Å². The first kappa shape index (κ1) is 23.0. The Morgan fingerprint density at radius 1 is 0.792 bits per heavy atom. The molecule has 0 aliphatic rings. The van der Waals surface area contributed by atoms with Gasteiger partial charge in [0.05, 0.1) is 13.2 Å². The fourth-order valence-corrected chi connectivity index (χ4v) is 1.83. The van der Waals surface area contributed by atoms with Gasteiger partial charge in [-0.15, -0.1) is 0 Å². The largest absolute Gasteiger partial charge is 0.811 e. The molecule has 0 radical (unpaired) electrons. The van der Waals surface area contributed by atoms with Gasteiger partial charge in [-0.05, 0) is 24.7 Å². The Labute approximate surface area is 145 Å². The Bertz CT molecular complexity index is 408. The van der Waals surface area contributed by atoms with Crippen molar-refractivity contribution in [2.24, 2.45) is 10.8 Å². The van der Waals surface area contributed by atoms with Crippen molar-refractivity contribution in [3.63, 3.8) is 0 Å². The molecule has 0 rings (SSSR count). The van der Waals surface area contributed by atoms with E-state index in [2.05, 4.69) is 9.05 Å². The predicted octanol–water partition coefficient (Wildman–Crippen LogP) is 3.63. The first-order valence-electron chi connectivity index (χ1n) is 7.85. The summed E-state index contributed by atoms with van der Waals surface area (Å²) in [6.07, 6.45) is -1.81. The van der Waals surface area contributed by atoms with E-state index in [0.29, 0.717) is 13.2 Å². The zero-order valence-corrected chi connectivity index (χ0v) is 16.8. The summed E-state index contributed by atoms with van der Waals surface area (Å²) in [4.78, 5) is 23.5. The van der Waals surface area contributed by atoms with Crippen LogP contribution < -0.4 is 0 Å². The monoisotopic (exact) mass is 365 g/mol. The molecule has 7 nitrogen and oxygen atoms in total. The normalized spacial score (nSPS) is 15.4. The second-order valence-corrected chi connectivity index (χ2v) is 8.88. The van der Waals surface area contributed by atoms with Gasteiger partial charge in [-0.3, -0.25) is 0 Å². The molecule has 0 bridgehead atoms. The molecule has 0 amide bonds. The molecule has 0 saturated carbocycles. The SMILES string of the molecule is CC(OCC(C)(C)C)C(=O)O[P+](=O)OC(=O)C(C)OCC(C)(C)C. The maximum Gasteiger partial charge on any atom is 0.811 e. The Balaban J connectivity index is 4.27. The average molecular weight is 365 g/mol. The van der Waals surface area contributed by atoms with Gasteiger partial charge in [0.2, 0.25) is 0 Å².